The third-order valence-corrected chi connectivity index (χ3v) is 5.74. The molecule has 2 heterocycles. The topological polar surface area (TPSA) is 83.8 Å². The predicted molar refractivity (Wildman–Crippen MR) is 116 cm³/mol. The maximum Gasteiger partial charge on any atom is 0.210 e. The zero-order chi connectivity index (χ0) is 20.5. The lowest BCUT2D eigenvalue weighted by molar-refractivity contribution is 0.291. The van der Waals surface area contributed by atoms with Crippen molar-refractivity contribution >= 4 is 34.4 Å². The van der Waals surface area contributed by atoms with Crippen LogP contribution in [0.5, 0.6) is 5.75 Å². The maximum atomic E-state index is 6.17. The minimum Gasteiger partial charge on any atom is -0.486 e. The Bertz CT molecular complexity index is 1170. The van der Waals surface area contributed by atoms with E-state index in [1.54, 1.807) is 0 Å². The summed E-state index contributed by atoms with van der Waals surface area (Å²) >= 11 is 7.54. The lowest BCUT2D eigenvalue weighted by Gasteiger charge is -2.08. The molecule has 0 aliphatic carbocycles. The summed E-state index contributed by atoms with van der Waals surface area (Å²) in [5.41, 5.74) is 4.19. The molecule has 2 N–H and O–H groups in total. The van der Waals surface area contributed by atoms with E-state index in [1.807, 2.05) is 55.8 Å². The lowest BCUT2D eigenvalue weighted by atomic mass is 10.1. The number of nitrogen functional groups attached to an aromatic ring is 1. The summed E-state index contributed by atoms with van der Waals surface area (Å²) in [5, 5.41) is 9.63. The number of hydrogen-bond donors (Lipinski definition) is 1. The SMILES string of the molecule is Cc1cc(C)cc(OCc2nnc(SCc3nc4cc(Cl)ccc4n3C)n2N)c1. The van der Waals surface area contributed by atoms with Gasteiger partial charge in [-0.15, -0.1) is 10.2 Å². The first kappa shape index (κ1) is 19.6. The van der Waals surface area contributed by atoms with Crippen molar-refractivity contribution in [2.45, 2.75) is 31.4 Å². The second kappa shape index (κ2) is 7.96. The van der Waals surface area contributed by atoms with Gasteiger partial charge in [0.2, 0.25) is 5.16 Å². The van der Waals surface area contributed by atoms with Gasteiger partial charge in [0.25, 0.3) is 0 Å². The van der Waals surface area contributed by atoms with Crippen molar-refractivity contribution in [2.75, 3.05) is 5.84 Å². The van der Waals surface area contributed by atoms with Gasteiger partial charge in [-0.25, -0.2) is 9.66 Å². The molecule has 0 atom stereocenters. The molecule has 4 aromatic rings. The van der Waals surface area contributed by atoms with Crippen molar-refractivity contribution in [1.82, 2.24) is 24.4 Å². The van der Waals surface area contributed by atoms with Gasteiger partial charge >= 0.3 is 0 Å². The van der Waals surface area contributed by atoms with Gasteiger partial charge in [0, 0.05) is 12.1 Å². The summed E-state index contributed by atoms with van der Waals surface area (Å²) in [4.78, 5) is 4.65. The molecule has 29 heavy (non-hydrogen) atoms. The van der Waals surface area contributed by atoms with Crippen LogP contribution in [0, 0.1) is 13.8 Å². The number of rotatable bonds is 6. The van der Waals surface area contributed by atoms with Crippen LogP contribution >= 0.6 is 23.4 Å². The molecule has 0 aliphatic heterocycles. The largest absolute Gasteiger partial charge is 0.486 e. The van der Waals surface area contributed by atoms with E-state index in [1.165, 1.54) is 16.4 Å². The van der Waals surface area contributed by atoms with Crippen LogP contribution in [0.25, 0.3) is 11.0 Å². The summed E-state index contributed by atoms with van der Waals surface area (Å²) in [7, 11) is 1.98. The Labute approximate surface area is 177 Å². The van der Waals surface area contributed by atoms with Crippen LogP contribution in [-0.4, -0.2) is 24.4 Å². The number of fused-ring (bicyclic) bond motifs is 1. The van der Waals surface area contributed by atoms with Crippen LogP contribution in [0.15, 0.2) is 41.6 Å². The van der Waals surface area contributed by atoms with Gasteiger partial charge in [-0.1, -0.05) is 29.4 Å². The van der Waals surface area contributed by atoms with Gasteiger partial charge in [0.05, 0.1) is 16.8 Å². The Morgan fingerprint density at radius 3 is 2.59 bits per heavy atom. The molecule has 0 bridgehead atoms. The zero-order valence-electron chi connectivity index (χ0n) is 16.4. The normalized spacial score (nSPS) is 11.3. The van der Waals surface area contributed by atoms with Gasteiger partial charge in [-0.3, -0.25) is 0 Å². The van der Waals surface area contributed by atoms with Gasteiger partial charge in [0.1, 0.15) is 18.2 Å². The second-order valence-corrected chi connectivity index (χ2v) is 8.27. The van der Waals surface area contributed by atoms with Crippen molar-refractivity contribution < 1.29 is 4.74 Å². The fourth-order valence-corrected chi connectivity index (χ4v) is 4.17. The van der Waals surface area contributed by atoms with E-state index in [4.69, 9.17) is 22.2 Å². The van der Waals surface area contributed by atoms with E-state index in [-0.39, 0.29) is 6.61 Å². The second-order valence-electron chi connectivity index (χ2n) is 6.89. The fourth-order valence-electron chi connectivity index (χ4n) is 3.15. The van der Waals surface area contributed by atoms with Crippen molar-refractivity contribution in [3.05, 3.63) is 64.2 Å². The van der Waals surface area contributed by atoms with E-state index in [9.17, 15) is 0 Å². The van der Waals surface area contributed by atoms with E-state index in [0.29, 0.717) is 21.8 Å². The number of ether oxygens (including phenoxy) is 1. The highest BCUT2D eigenvalue weighted by molar-refractivity contribution is 7.98. The quantitative estimate of drug-likeness (QED) is 0.369. The monoisotopic (exact) mass is 428 g/mol. The summed E-state index contributed by atoms with van der Waals surface area (Å²) in [6.45, 7) is 4.32. The first-order chi connectivity index (χ1) is 13.9. The molecule has 4 rings (SSSR count). The van der Waals surface area contributed by atoms with Gasteiger partial charge in [0.15, 0.2) is 5.82 Å². The third-order valence-electron chi connectivity index (χ3n) is 4.56. The molecule has 0 aliphatic rings. The molecule has 0 unspecified atom stereocenters. The molecule has 0 spiro atoms. The van der Waals surface area contributed by atoms with Gasteiger partial charge in [-0.2, -0.15) is 0 Å². The molecule has 0 fully saturated rings. The number of thioether (sulfide) groups is 1. The van der Waals surface area contributed by atoms with Crippen LogP contribution in [-0.2, 0) is 19.4 Å². The number of aromatic nitrogens is 5. The highest BCUT2D eigenvalue weighted by Crippen LogP contribution is 2.25. The molecule has 2 aromatic carbocycles. The van der Waals surface area contributed by atoms with Crippen LogP contribution in [0.4, 0.5) is 0 Å². The Balaban J connectivity index is 1.44. The highest BCUT2D eigenvalue weighted by Gasteiger charge is 2.14. The van der Waals surface area contributed by atoms with Gasteiger partial charge < -0.3 is 15.1 Å². The highest BCUT2D eigenvalue weighted by atomic mass is 35.5. The van der Waals surface area contributed by atoms with Crippen molar-refractivity contribution in [3.8, 4) is 5.75 Å². The first-order valence-electron chi connectivity index (χ1n) is 9.05. The molecule has 150 valence electrons. The summed E-state index contributed by atoms with van der Waals surface area (Å²) < 4.78 is 9.35. The zero-order valence-corrected chi connectivity index (χ0v) is 18.0. The van der Waals surface area contributed by atoms with Crippen LogP contribution in [0.1, 0.15) is 22.8 Å². The van der Waals surface area contributed by atoms with E-state index >= 15 is 0 Å². The minimum absolute atomic E-state index is 0.248. The molecule has 0 saturated heterocycles. The smallest absolute Gasteiger partial charge is 0.210 e. The summed E-state index contributed by atoms with van der Waals surface area (Å²) in [6.07, 6.45) is 0. The molecule has 0 radical (unpaired) electrons. The van der Waals surface area contributed by atoms with Crippen molar-refractivity contribution in [1.29, 1.82) is 0 Å². The molecule has 7 nitrogen and oxygen atoms in total. The number of benzene rings is 2. The Kier molecular flexibility index (Phi) is 5.38. The Hall–Kier alpha value is -2.71. The number of halogens is 1. The number of imidazole rings is 1. The number of hydrogen-bond acceptors (Lipinski definition) is 6. The average Bonchev–Trinajstić information content (AvgIpc) is 3.17. The van der Waals surface area contributed by atoms with E-state index in [0.717, 1.165) is 33.7 Å². The third kappa shape index (κ3) is 4.18. The Morgan fingerprint density at radius 2 is 1.83 bits per heavy atom. The molecular formula is C20H21ClN6OS. The number of nitrogens with two attached hydrogens (primary N) is 1. The maximum absolute atomic E-state index is 6.17. The molecular weight excluding hydrogens is 408 g/mol. The average molecular weight is 429 g/mol. The van der Waals surface area contributed by atoms with Crippen LogP contribution in [0.3, 0.4) is 0 Å². The number of nitrogens with zero attached hydrogens (tertiary/aromatic N) is 5. The lowest BCUT2D eigenvalue weighted by Crippen LogP contribution is -2.16. The standard InChI is InChI=1S/C20H21ClN6OS/c1-12-6-13(2)8-15(7-12)28-10-18-24-25-20(27(18)22)29-11-19-23-16-9-14(21)4-5-17(16)26(19)3/h4-9H,10-11,22H2,1-3H3. The van der Waals surface area contributed by atoms with Crippen molar-refractivity contribution in [3.63, 3.8) is 0 Å². The van der Waals surface area contributed by atoms with Gasteiger partial charge in [-0.05, 0) is 55.3 Å². The first-order valence-corrected chi connectivity index (χ1v) is 10.4. The van der Waals surface area contributed by atoms with Crippen LogP contribution < -0.4 is 10.6 Å². The van der Waals surface area contributed by atoms with E-state index < -0.39 is 0 Å². The van der Waals surface area contributed by atoms with Crippen molar-refractivity contribution in [2.24, 2.45) is 7.05 Å². The van der Waals surface area contributed by atoms with Crippen LogP contribution in [0.2, 0.25) is 5.02 Å². The molecule has 9 heteroatoms. The predicted octanol–water partition coefficient (Wildman–Crippen LogP) is 4.02. The summed E-state index contributed by atoms with van der Waals surface area (Å²) in [5.74, 6) is 9.03. The molecule has 0 amide bonds. The molecule has 2 aromatic heterocycles. The minimum atomic E-state index is 0.248. The number of aryl methyl sites for hydroxylation is 3. The summed E-state index contributed by atoms with van der Waals surface area (Å²) in [6, 6.07) is 11.8. The van der Waals surface area contributed by atoms with E-state index in [2.05, 4.69) is 21.2 Å². The Morgan fingerprint density at radius 1 is 1.07 bits per heavy atom. The molecule has 0 saturated carbocycles. The fraction of sp³-hybridized carbons (Fsp3) is 0.250.